The highest BCUT2D eigenvalue weighted by molar-refractivity contribution is 7.89. The van der Waals surface area contributed by atoms with Gasteiger partial charge in [0.2, 0.25) is 15.9 Å². The molecule has 0 aliphatic carbocycles. The zero-order chi connectivity index (χ0) is 15.2. The fourth-order valence-corrected chi connectivity index (χ4v) is 2.69. The van der Waals surface area contributed by atoms with Crippen LogP contribution in [0.15, 0.2) is 23.1 Å². The molecule has 0 heterocycles. The van der Waals surface area contributed by atoms with Crippen molar-refractivity contribution in [3.05, 3.63) is 29.3 Å². The van der Waals surface area contributed by atoms with Crippen molar-refractivity contribution in [3.63, 3.8) is 0 Å². The van der Waals surface area contributed by atoms with Crippen molar-refractivity contribution in [1.29, 1.82) is 0 Å². The van der Waals surface area contributed by atoms with Gasteiger partial charge in [-0.05, 0) is 24.6 Å². The van der Waals surface area contributed by atoms with E-state index in [1.54, 1.807) is 19.1 Å². The molecule has 0 fully saturated rings. The van der Waals surface area contributed by atoms with E-state index >= 15 is 0 Å². The van der Waals surface area contributed by atoms with Crippen molar-refractivity contribution in [2.24, 2.45) is 0 Å². The lowest BCUT2D eigenvalue weighted by molar-refractivity contribution is -0.119. The number of sulfonamides is 1. The molecule has 1 aromatic rings. The Morgan fingerprint density at radius 1 is 1.40 bits per heavy atom. The van der Waals surface area contributed by atoms with Gasteiger partial charge < -0.3 is 10.4 Å². The Labute approximate surface area is 118 Å². The van der Waals surface area contributed by atoms with Gasteiger partial charge in [-0.25, -0.2) is 13.1 Å². The molecule has 1 aromatic carbocycles. The van der Waals surface area contributed by atoms with Crippen molar-refractivity contribution in [2.45, 2.75) is 11.8 Å². The van der Waals surface area contributed by atoms with Gasteiger partial charge in [0.1, 0.15) is 6.61 Å². The van der Waals surface area contributed by atoms with Gasteiger partial charge in [0, 0.05) is 12.6 Å². The summed E-state index contributed by atoms with van der Waals surface area (Å²) in [7, 11) is -2.36. The van der Waals surface area contributed by atoms with Crippen LogP contribution in [0.1, 0.15) is 11.1 Å². The summed E-state index contributed by atoms with van der Waals surface area (Å²) in [5.74, 6) is 4.66. The van der Waals surface area contributed by atoms with Gasteiger partial charge in [-0.15, -0.1) is 0 Å². The second-order valence-corrected chi connectivity index (χ2v) is 5.67. The predicted octanol–water partition coefficient (Wildman–Crippen LogP) is -0.637. The quantitative estimate of drug-likeness (QED) is 0.644. The average molecular weight is 296 g/mol. The molecule has 0 atom stereocenters. The number of rotatable bonds is 4. The number of carbonyl (C=O) groups excluding carboxylic acids is 1. The molecule has 1 amide bonds. The Kier molecular flexibility index (Phi) is 5.70. The third-order valence-electron chi connectivity index (χ3n) is 2.49. The van der Waals surface area contributed by atoms with Crippen LogP contribution < -0.4 is 10.0 Å². The number of aryl methyl sites for hydroxylation is 1. The molecule has 0 saturated heterocycles. The molecule has 108 valence electrons. The highest BCUT2D eigenvalue weighted by atomic mass is 32.2. The lowest BCUT2D eigenvalue weighted by atomic mass is 10.1. The first-order valence-corrected chi connectivity index (χ1v) is 7.29. The number of aliphatic hydroxyl groups excluding tert-OH is 1. The minimum atomic E-state index is -3.78. The summed E-state index contributed by atoms with van der Waals surface area (Å²) in [6, 6.07) is 4.69. The fraction of sp³-hybridized carbons (Fsp3) is 0.308. The van der Waals surface area contributed by atoms with Crippen LogP contribution >= 0.6 is 0 Å². The van der Waals surface area contributed by atoms with Crippen molar-refractivity contribution < 1.29 is 18.3 Å². The van der Waals surface area contributed by atoms with E-state index < -0.39 is 15.9 Å². The van der Waals surface area contributed by atoms with E-state index in [1.165, 1.54) is 13.1 Å². The number of nitrogens with one attached hydrogen (secondary N) is 2. The largest absolute Gasteiger partial charge is 0.384 e. The van der Waals surface area contributed by atoms with Gasteiger partial charge in [0.05, 0.1) is 11.4 Å². The van der Waals surface area contributed by atoms with E-state index in [9.17, 15) is 13.2 Å². The Bertz CT molecular complexity index is 657. The van der Waals surface area contributed by atoms with E-state index in [0.717, 1.165) is 0 Å². The Hall–Kier alpha value is -1.88. The lowest BCUT2D eigenvalue weighted by Crippen LogP contribution is -2.35. The molecule has 0 bridgehead atoms. The predicted molar refractivity (Wildman–Crippen MR) is 74.4 cm³/mol. The number of aliphatic hydroxyl groups is 1. The zero-order valence-corrected chi connectivity index (χ0v) is 12.0. The number of hydrogen-bond acceptors (Lipinski definition) is 4. The Balaban J connectivity index is 3.07. The van der Waals surface area contributed by atoms with E-state index in [0.29, 0.717) is 11.1 Å². The van der Waals surface area contributed by atoms with Crippen LogP contribution in [0.3, 0.4) is 0 Å². The van der Waals surface area contributed by atoms with Crippen LogP contribution in [0.25, 0.3) is 0 Å². The second kappa shape index (κ2) is 7.05. The molecule has 0 aromatic heterocycles. The molecule has 6 nitrogen and oxygen atoms in total. The van der Waals surface area contributed by atoms with Gasteiger partial charge in [-0.2, -0.15) is 0 Å². The number of carbonyl (C=O) groups is 1. The molecule has 0 aliphatic rings. The maximum absolute atomic E-state index is 12.1. The standard InChI is InChI=1S/C13H16N2O4S/c1-10-5-6-11(4-3-7-16)8-12(10)20(18,19)15-9-13(17)14-2/h5-6,8,15-16H,7,9H2,1-2H3,(H,14,17). The first-order chi connectivity index (χ1) is 9.40. The van der Waals surface area contributed by atoms with Gasteiger partial charge >= 0.3 is 0 Å². The van der Waals surface area contributed by atoms with Crippen LogP contribution in [-0.4, -0.2) is 39.6 Å². The second-order valence-electron chi connectivity index (χ2n) is 3.94. The summed E-state index contributed by atoms with van der Waals surface area (Å²) in [4.78, 5) is 11.2. The van der Waals surface area contributed by atoms with E-state index in [-0.39, 0.29) is 18.0 Å². The molecule has 20 heavy (non-hydrogen) atoms. The normalized spacial score (nSPS) is 10.6. The summed E-state index contributed by atoms with van der Waals surface area (Å²) in [6.45, 7) is 1.02. The third kappa shape index (κ3) is 4.35. The van der Waals surface area contributed by atoms with Crippen LogP contribution in [0, 0.1) is 18.8 Å². The zero-order valence-electron chi connectivity index (χ0n) is 11.2. The van der Waals surface area contributed by atoms with E-state index in [2.05, 4.69) is 21.9 Å². The smallest absolute Gasteiger partial charge is 0.241 e. The first-order valence-electron chi connectivity index (χ1n) is 5.81. The Morgan fingerprint density at radius 3 is 2.70 bits per heavy atom. The maximum Gasteiger partial charge on any atom is 0.241 e. The molecular formula is C13H16N2O4S. The monoisotopic (exact) mass is 296 g/mol. The molecule has 1 rings (SSSR count). The third-order valence-corrected chi connectivity index (χ3v) is 4.03. The van der Waals surface area contributed by atoms with Crippen LogP contribution in [0.4, 0.5) is 0 Å². The summed E-state index contributed by atoms with van der Waals surface area (Å²) in [5.41, 5.74) is 1.02. The van der Waals surface area contributed by atoms with Gasteiger partial charge in [-0.3, -0.25) is 4.79 Å². The molecule has 7 heteroatoms. The minimum absolute atomic E-state index is 0.0612. The van der Waals surface area contributed by atoms with Crippen molar-refractivity contribution in [2.75, 3.05) is 20.2 Å². The lowest BCUT2D eigenvalue weighted by Gasteiger charge is -2.09. The maximum atomic E-state index is 12.1. The minimum Gasteiger partial charge on any atom is -0.384 e. The number of amides is 1. The van der Waals surface area contributed by atoms with Crippen LogP contribution in [0.5, 0.6) is 0 Å². The molecular weight excluding hydrogens is 280 g/mol. The number of hydrogen-bond donors (Lipinski definition) is 3. The SMILES string of the molecule is CNC(=O)CNS(=O)(=O)c1cc(C#CCO)ccc1C. The summed E-state index contributed by atoms with van der Waals surface area (Å²) >= 11 is 0. The highest BCUT2D eigenvalue weighted by Crippen LogP contribution is 2.16. The summed E-state index contributed by atoms with van der Waals surface area (Å²) in [6.07, 6.45) is 0. The molecule has 0 saturated carbocycles. The highest BCUT2D eigenvalue weighted by Gasteiger charge is 2.17. The first kappa shape index (κ1) is 16.2. The molecule has 0 unspecified atom stereocenters. The molecule has 3 N–H and O–H groups in total. The van der Waals surface area contributed by atoms with Crippen molar-refractivity contribution in [3.8, 4) is 11.8 Å². The fourth-order valence-electron chi connectivity index (χ4n) is 1.44. The van der Waals surface area contributed by atoms with Gasteiger partial charge in [-0.1, -0.05) is 17.9 Å². The van der Waals surface area contributed by atoms with Gasteiger partial charge in [0.15, 0.2) is 0 Å². The van der Waals surface area contributed by atoms with Crippen LogP contribution in [0.2, 0.25) is 0 Å². The van der Waals surface area contributed by atoms with E-state index in [4.69, 9.17) is 5.11 Å². The molecule has 0 radical (unpaired) electrons. The number of likely N-dealkylation sites (N-methyl/N-ethyl adjacent to an activating group) is 1. The summed E-state index contributed by atoms with van der Waals surface area (Å²) < 4.78 is 26.4. The Morgan fingerprint density at radius 2 is 2.10 bits per heavy atom. The van der Waals surface area contributed by atoms with Crippen molar-refractivity contribution in [1.82, 2.24) is 10.0 Å². The molecule has 0 spiro atoms. The summed E-state index contributed by atoms with van der Waals surface area (Å²) in [5, 5.41) is 11.0. The number of benzene rings is 1. The van der Waals surface area contributed by atoms with Crippen molar-refractivity contribution >= 4 is 15.9 Å². The van der Waals surface area contributed by atoms with E-state index in [1.807, 2.05) is 0 Å². The van der Waals surface area contributed by atoms with Gasteiger partial charge in [0.25, 0.3) is 0 Å². The molecule has 0 aliphatic heterocycles. The topological polar surface area (TPSA) is 95.5 Å². The average Bonchev–Trinajstić information content (AvgIpc) is 2.43. The van der Waals surface area contributed by atoms with Crippen LogP contribution in [-0.2, 0) is 14.8 Å².